The molecule has 0 spiro atoms. The van der Waals surface area contributed by atoms with Crippen LogP contribution in [-0.2, 0) is 0 Å². The van der Waals surface area contributed by atoms with E-state index in [9.17, 15) is 0 Å². The topological polar surface area (TPSA) is 0 Å². The minimum atomic E-state index is 0.851. The normalized spacial score (nSPS) is 14.6. The SMILES string of the molecule is C=Cc1ccc(C2CCC2)cc1.CCCC. The smallest absolute Gasteiger partial charge is 0.0162 e. The van der Waals surface area contributed by atoms with E-state index in [0.29, 0.717) is 0 Å². The number of hydrogen-bond acceptors (Lipinski definition) is 0. The van der Waals surface area contributed by atoms with Gasteiger partial charge >= 0.3 is 0 Å². The van der Waals surface area contributed by atoms with Crippen molar-refractivity contribution in [2.45, 2.75) is 51.9 Å². The molecule has 1 fully saturated rings. The Morgan fingerprint density at radius 2 is 1.69 bits per heavy atom. The molecule has 2 rings (SSSR count). The first-order valence-electron chi connectivity index (χ1n) is 6.54. The van der Waals surface area contributed by atoms with Gasteiger partial charge in [0.1, 0.15) is 0 Å². The van der Waals surface area contributed by atoms with Crippen molar-refractivity contribution in [1.82, 2.24) is 0 Å². The van der Waals surface area contributed by atoms with Gasteiger partial charge in [0.2, 0.25) is 0 Å². The van der Waals surface area contributed by atoms with Crippen LogP contribution in [0.3, 0.4) is 0 Å². The number of benzene rings is 1. The predicted octanol–water partition coefficient (Wildman–Crippen LogP) is 5.40. The highest BCUT2D eigenvalue weighted by Gasteiger charge is 2.18. The predicted molar refractivity (Wildman–Crippen MR) is 73.7 cm³/mol. The quantitative estimate of drug-likeness (QED) is 0.634. The minimum absolute atomic E-state index is 0.851. The molecule has 0 radical (unpaired) electrons. The fourth-order valence-corrected chi connectivity index (χ4v) is 1.65. The van der Waals surface area contributed by atoms with E-state index < -0.39 is 0 Å². The van der Waals surface area contributed by atoms with E-state index in [4.69, 9.17) is 0 Å². The summed E-state index contributed by atoms with van der Waals surface area (Å²) in [6.07, 6.45) is 8.71. The van der Waals surface area contributed by atoms with E-state index in [0.717, 1.165) is 5.92 Å². The number of unbranched alkanes of at least 4 members (excludes halogenated alkanes) is 1. The third-order valence-corrected chi connectivity index (χ3v) is 3.25. The van der Waals surface area contributed by atoms with Gasteiger partial charge in [-0.2, -0.15) is 0 Å². The summed E-state index contributed by atoms with van der Waals surface area (Å²) in [5.74, 6) is 0.851. The van der Waals surface area contributed by atoms with Crippen molar-refractivity contribution >= 4 is 6.08 Å². The summed E-state index contributed by atoms with van der Waals surface area (Å²) in [6.45, 7) is 8.10. The Morgan fingerprint density at radius 1 is 1.12 bits per heavy atom. The fourth-order valence-electron chi connectivity index (χ4n) is 1.65. The van der Waals surface area contributed by atoms with Crippen LogP contribution in [0.25, 0.3) is 6.08 Å². The van der Waals surface area contributed by atoms with Crippen molar-refractivity contribution in [3.63, 3.8) is 0 Å². The second-order valence-electron chi connectivity index (χ2n) is 4.50. The molecule has 0 aliphatic heterocycles. The van der Waals surface area contributed by atoms with Crippen LogP contribution >= 0.6 is 0 Å². The monoisotopic (exact) mass is 216 g/mol. The zero-order valence-corrected chi connectivity index (χ0v) is 10.7. The van der Waals surface area contributed by atoms with E-state index in [1.807, 2.05) is 6.08 Å². The minimum Gasteiger partial charge on any atom is -0.0985 e. The lowest BCUT2D eigenvalue weighted by Gasteiger charge is -2.25. The highest BCUT2D eigenvalue weighted by molar-refractivity contribution is 5.47. The van der Waals surface area contributed by atoms with E-state index in [2.05, 4.69) is 44.7 Å². The van der Waals surface area contributed by atoms with Gasteiger partial charge in [-0.3, -0.25) is 0 Å². The Hall–Kier alpha value is -1.04. The molecule has 1 aliphatic rings. The largest absolute Gasteiger partial charge is 0.0985 e. The Bertz CT molecular complexity index is 288. The Morgan fingerprint density at radius 3 is 2.00 bits per heavy atom. The average Bonchev–Trinajstić information content (AvgIpc) is 2.28. The molecule has 1 aromatic rings. The molecule has 0 amide bonds. The number of hydrogen-bond donors (Lipinski definition) is 0. The van der Waals surface area contributed by atoms with Crippen molar-refractivity contribution in [2.24, 2.45) is 0 Å². The van der Waals surface area contributed by atoms with Crippen molar-refractivity contribution < 1.29 is 0 Å². The summed E-state index contributed by atoms with van der Waals surface area (Å²) in [7, 11) is 0. The highest BCUT2D eigenvalue weighted by atomic mass is 14.2. The Balaban J connectivity index is 0.000000280. The van der Waals surface area contributed by atoms with Gasteiger partial charge in [0.05, 0.1) is 0 Å². The highest BCUT2D eigenvalue weighted by Crippen LogP contribution is 2.36. The third kappa shape index (κ3) is 3.84. The van der Waals surface area contributed by atoms with Crippen LogP contribution in [0.5, 0.6) is 0 Å². The third-order valence-electron chi connectivity index (χ3n) is 3.25. The Labute approximate surface area is 100 Å². The van der Waals surface area contributed by atoms with Crippen LogP contribution in [0.15, 0.2) is 30.8 Å². The maximum atomic E-state index is 3.74. The van der Waals surface area contributed by atoms with E-state index >= 15 is 0 Å². The molecule has 0 atom stereocenters. The van der Waals surface area contributed by atoms with Gasteiger partial charge in [0.15, 0.2) is 0 Å². The number of rotatable bonds is 3. The zero-order valence-electron chi connectivity index (χ0n) is 10.7. The molecule has 1 aromatic carbocycles. The molecule has 88 valence electrons. The summed E-state index contributed by atoms with van der Waals surface area (Å²) in [6, 6.07) is 8.78. The molecule has 0 bridgehead atoms. The van der Waals surface area contributed by atoms with Gasteiger partial charge in [-0.25, -0.2) is 0 Å². The fraction of sp³-hybridized carbons (Fsp3) is 0.500. The van der Waals surface area contributed by atoms with Gasteiger partial charge in [-0.15, -0.1) is 0 Å². The van der Waals surface area contributed by atoms with Crippen LogP contribution in [0.4, 0.5) is 0 Å². The average molecular weight is 216 g/mol. The van der Waals surface area contributed by atoms with Crippen LogP contribution in [0.2, 0.25) is 0 Å². The van der Waals surface area contributed by atoms with Gasteiger partial charge in [0.25, 0.3) is 0 Å². The summed E-state index contributed by atoms with van der Waals surface area (Å²) < 4.78 is 0. The molecule has 0 N–H and O–H groups in total. The Kier molecular flexibility index (Phi) is 5.92. The van der Waals surface area contributed by atoms with Gasteiger partial charge in [0, 0.05) is 0 Å². The van der Waals surface area contributed by atoms with Crippen molar-refractivity contribution in [2.75, 3.05) is 0 Å². The van der Waals surface area contributed by atoms with Crippen molar-refractivity contribution in [3.8, 4) is 0 Å². The first kappa shape index (κ1) is 13.0. The molecule has 0 unspecified atom stereocenters. The van der Waals surface area contributed by atoms with E-state index in [1.165, 1.54) is 43.2 Å². The van der Waals surface area contributed by atoms with Gasteiger partial charge in [-0.1, -0.05) is 70.0 Å². The lowest BCUT2D eigenvalue weighted by atomic mass is 9.80. The molecule has 16 heavy (non-hydrogen) atoms. The van der Waals surface area contributed by atoms with Gasteiger partial charge < -0.3 is 0 Å². The van der Waals surface area contributed by atoms with Crippen LogP contribution in [-0.4, -0.2) is 0 Å². The van der Waals surface area contributed by atoms with Crippen LogP contribution in [0, 0.1) is 0 Å². The molecule has 0 heteroatoms. The molecule has 0 saturated heterocycles. The standard InChI is InChI=1S/C12H14.C4H10/c1-2-10-6-8-12(9-7-10)11-4-3-5-11;1-3-4-2/h2,6-9,11H,1,3-5H2;3-4H2,1-2H3. The molecule has 1 saturated carbocycles. The molecule has 0 heterocycles. The molecule has 1 aliphatic carbocycles. The lowest BCUT2D eigenvalue weighted by molar-refractivity contribution is 0.420. The molecular formula is C16H24. The zero-order chi connectivity index (χ0) is 11.8. The maximum absolute atomic E-state index is 3.74. The van der Waals surface area contributed by atoms with Gasteiger partial charge in [-0.05, 0) is 29.9 Å². The molecular weight excluding hydrogens is 192 g/mol. The first-order chi connectivity index (χ1) is 7.81. The summed E-state index contributed by atoms with van der Waals surface area (Å²) in [4.78, 5) is 0. The summed E-state index contributed by atoms with van der Waals surface area (Å²) in [5.41, 5.74) is 2.73. The molecule has 0 aromatic heterocycles. The maximum Gasteiger partial charge on any atom is -0.0162 e. The second-order valence-corrected chi connectivity index (χ2v) is 4.50. The van der Waals surface area contributed by atoms with E-state index in [1.54, 1.807) is 0 Å². The summed E-state index contributed by atoms with van der Waals surface area (Å²) >= 11 is 0. The van der Waals surface area contributed by atoms with Crippen LogP contribution < -0.4 is 0 Å². The lowest BCUT2D eigenvalue weighted by Crippen LogP contribution is -2.08. The first-order valence-corrected chi connectivity index (χ1v) is 6.54. The van der Waals surface area contributed by atoms with E-state index in [-0.39, 0.29) is 0 Å². The molecule has 0 nitrogen and oxygen atoms in total. The van der Waals surface area contributed by atoms with Crippen LogP contribution in [0.1, 0.15) is 63.0 Å². The second kappa shape index (κ2) is 7.27. The van der Waals surface area contributed by atoms with Crippen molar-refractivity contribution in [1.29, 1.82) is 0 Å². The summed E-state index contributed by atoms with van der Waals surface area (Å²) in [5, 5.41) is 0. The van der Waals surface area contributed by atoms with Crippen molar-refractivity contribution in [3.05, 3.63) is 42.0 Å².